The fourth-order valence-corrected chi connectivity index (χ4v) is 3.74. The molecule has 0 saturated heterocycles. The number of imide groups is 1. The molecule has 0 aliphatic carbocycles. The van der Waals surface area contributed by atoms with E-state index in [-0.39, 0.29) is 11.3 Å². The van der Waals surface area contributed by atoms with Crippen LogP contribution in [0.5, 0.6) is 5.75 Å². The molecule has 0 aromatic heterocycles. The molecule has 0 fully saturated rings. The Labute approximate surface area is 166 Å². The summed E-state index contributed by atoms with van der Waals surface area (Å²) in [5.41, 5.74) is 1.12. The summed E-state index contributed by atoms with van der Waals surface area (Å²) < 4.78 is 5.40. The molecular formula is C20H18N2O5S. The minimum atomic E-state index is -0.506. The summed E-state index contributed by atoms with van der Waals surface area (Å²) in [6.07, 6.45) is 0. The van der Waals surface area contributed by atoms with Crippen LogP contribution in [0.15, 0.2) is 53.4 Å². The molecule has 144 valence electrons. The van der Waals surface area contributed by atoms with Gasteiger partial charge in [0.25, 0.3) is 17.5 Å². The van der Waals surface area contributed by atoms with Crippen LogP contribution < -0.4 is 9.64 Å². The summed E-state index contributed by atoms with van der Waals surface area (Å²) in [5, 5.41) is 10.9. The average Bonchev–Trinajstić information content (AvgIpc) is 2.93. The van der Waals surface area contributed by atoms with Gasteiger partial charge >= 0.3 is 0 Å². The van der Waals surface area contributed by atoms with Crippen LogP contribution in [0.2, 0.25) is 0 Å². The van der Waals surface area contributed by atoms with E-state index in [1.54, 1.807) is 24.3 Å². The van der Waals surface area contributed by atoms with E-state index >= 15 is 0 Å². The molecule has 28 heavy (non-hydrogen) atoms. The summed E-state index contributed by atoms with van der Waals surface area (Å²) >= 11 is 1.28. The van der Waals surface area contributed by atoms with Crippen molar-refractivity contribution in [1.82, 2.24) is 0 Å². The first-order valence-electron chi connectivity index (χ1n) is 8.71. The highest BCUT2D eigenvalue weighted by Gasteiger charge is 2.40. The van der Waals surface area contributed by atoms with Crippen molar-refractivity contribution in [2.24, 2.45) is 0 Å². The molecule has 0 saturated carbocycles. The number of non-ortho nitro benzene ring substituents is 1. The Hall–Kier alpha value is -3.13. The van der Waals surface area contributed by atoms with Gasteiger partial charge in [-0.15, -0.1) is 11.8 Å². The number of hydrogen-bond acceptors (Lipinski definition) is 6. The number of anilines is 1. The SMILES string of the molecule is CCOc1ccc(N2C(=O)C(SCC)=C(c3ccc([N+](=O)[O-])cc3)C2=O)cc1. The minimum Gasteiger partial charge on any atom is -0.494 e. The van der Waals surface area contributed by atoms with E-state index in [4.69, 9.17) is 4.74 Å². The predicted molar refractivity (Wildman–Crippen MR) is 108 cm³/mol. The molecule has 2 amide bonds. The smallest absolute Gasteiger partial charge is 0.272 e. The number of carbonyl (C=O) groups is 2. The third-order valence-corrected chi connectivity index (χ3v) is 5.06. The van der Waals surface area contributed by atoms with Crippen molar-refractivity contribution in [3.05, 3.63) is 69.1 Å². The van der Waals surface area contributed by atoms with Gasteiger partial charge in [0.1, 0.15) is 5.75 Å². The quantitative estimate of drug-likeness (QED) is 0.397. The molecule has 0 radical (unpaired) electrons. The molecule has 1 aliphatic heterocycles. The Kier molecular flexibility index (Phi) is 5.79. The number of benzene rings is 2. The highest BCUT2D eigenvalue weighted by atomic mass is 32.2. The number of nitro groups is 1. The number of rotatable bonds is 7. The zero-order valence-electron chi connectivity index (χ0n) is 15.4. The average molecular weight is 398 g/mol. The maximum Gasteiger partial charge on any atom is 0.272 e. The Bertz CT molecular complexity index is 952. The minimum absolute atomic E-state index is 0.0748. The van der Waals surface area contributed by atoms with Crippen LogP contribution in [0.4, 0.5) is 11.4 Å². The van der Waals surface area contributed by atoms with Crippen molar-refractivity contribution in [2.75, 3.05) is 17.3 Å². The lowest BCUT2D eigenvalue weighted by Gasteiger charge is -2.15. The number of nitro benzene ring substituents is 1. The van der Waals surface area contributed by atoms with E-state index in [0.717, 1.165) is 4.90 Å². The lowest BCUT2D eigenvalue weighted by atomic mass is 10.1. The fraction of sp³-hybridized carbons (Fsp3) is 0.200. The van der Waals surface area contributed by atoms with Gasteiger partial charge in [-0.2, -0.15) is 0 Å². The van der Waals surface area contributed by atoms with Gasteiger partial charge in [0, 0.05) is 12.1 Å². The fourth-order valence-electron chi connectivity index (χ4n) is 2.88. The molecule has 1 heterocycles. The number of nitrogens with zero attached hydrogens (tertiary/aromatic N) is 2. The summed E-state index contributed by atoms with van der Waals surface area (Å²) in [4.78, 5) is 37.9. The van der Waals surface area contributed by atoms with Crippen molar-refractivity contribution < 1.29 is 19.2 Å². The molecule has 0 N–H and O–H groups in total. The first-order valence-corrected chi connectivity index (χ1v) is 9.70. The van der Waals surface area contributed by atoms with Crippen molar-refractivity contribution >= 4 is 40.5 Å². The molecule has 3 rings (SSSR count). The molecule has 0 bridgehead atoms. The molecule has 1 aliphatic rings. The van der Waals surface area contributed by atoms with E-state index in [1.807, 2.05) is 13.8 Å². The molecule has 0 spiro atoms. The predicted octanol–water partition coefficient (Wildman–Crippen LogP) is 4.03. The first-order chi connectivity index (χ1) is 13.5. The van der Waals surface area contributed by atoms with E-state index < -0.39 is 16.7 Å². The van der Waals surface area contributed by atoms with Crippen LogP contribution >= 0.6 is 11.8 Å². The van der Waals surface area contributed by atoms with E-state index in [9.17, 15) is 19.7 Å². The van der Waals surface area contributed by atoms with Crippen LogP contribution in [-0.4, -0.2) is 29.1 Å². The van der Waals surface area contributed by atoms with Gasteiger partial charge in [0.15, 0.2) is 0 Å². The van der Waals surface area contributed by atoms with Crippen molar-refractivity contribution in [3.63, 3.8) is 0 Å². The van der Waals surface area contributed by atoms with Gasteiger partial charge in [-0.05, 0) is 54.6 Å². The van der Waals surface area contributed by atoms with E-state index in [2.05, 4.69) is 0 Å². The zero-order chi connectivity index (χ0) is 20.3. The standard InChI is InChI=1S/C20H18N2O5S/c1-3-27-16-11-9-14(10-12-16)21-19(23)17(18(20(21)24)28-4-2)13-5-7-15(8-6-13)22(25)26/h5-12H,3-4H2,1-2H3. The zero-order valence-corrected chi connectivity index (χ0v) is 16.2. The molecule has 2 aromatic rings. The highest BCUT2D eigenvalue weighted by molar-refractivity contribution is 8.04. The molecule has 7 nitrogen and oxygen atoms in total. The number of amides is 2. The maximum absolute atomic E-state index is 13.1. The third-order valence-electron chi connectivity index (χ3n) is 4.10. The monoisotopic (exact) mass is 398 g/mol. The van der Waals surface area contributed by atoms with E-state index in [1.165, 1.54) is 36.0 Å². The summed E-state index contributed by atoms with van der Waals surface area (Å²) in [7, 11) is 0. The summed E-state index contributed by atoms with van der Waals surface area (Å²) in [6.45, 7) is 4.28. The van der Waals surface area contributed by atoms with Crippen molar-refractivity contribution in [1.29, 1.82) is 0 Å². The number of hydrogen-bond donors (Lipinski definition) is 0. The Morgan fingerprint density at radius 3 is 2.18 bits per heavy atom. The summed E-state index contributed by atoms with van der Waals surface area (Å²) in [6, 6.07) is 12.4. The van der Waals surface area contributed by atoms with Crippen molar-refractivity contribution in [2.45, 2.75) is 13.8 Å². The summed E-state index contributed by atoms with van der Waals surface area (Å²) in [5.74, 6) is 0.424. The topological polar surface area (TPSA) is 89.8 Å². The lowest BCUT2D eigenvalue weighted by molar-refractivity contribution is -0.384. The highest BCUT2D eigenvalue weighted by Crippen LogP contribution is 2.39. The van der Waals surface area contributed by atoms with Gasteiger partial charge in [-0.1, -0.05) is 6.92 Å². The Balaban J connectivity index is 1.99. The first kappa shape index (κ1) is 19.6. The van der Waals surface area contributed by atoms with Crippen LogP contribution in [0.25, 0.3) is 5.57 Å². The normalized spacial score (nSPS) is 14.0. The molecule has 8 heteroatoms. The molecule has 2 aromatic carbocycles. The van der Waals surface area contributed by atoms with Gasteiger partial charge in [-0.3, -0.25) is 19.7 Å². The maximum atomic E-state index is 13.1. The molecule has 0 unspecified atom stereocenters. The van der Waals surface area contributed by atoms with Crippen molar-refractivity contribution in [3.8, 4) is 5.75 Å². The van der Waals surface area contributed by atoms with E-state index in [0.29, 0.717) is 34.3 Å². The third kappa shape index (κ3) is 3.63. The second kappa shape index (κ2) is 8.26. The second-order valence-electron chi connectivity index (χ2n) is 5.81. The van der Waals surface area contributed by atoms with Crippen LogP contribution in [-0.2, 0) is 9.59 Å². The largest absolute Gasteiger partial charge is 0.494 e. The van der Waals surface area contributed by atoms with Gasteiger partial charge in [-0.25, -0.2) is 4.90 Å². The number of ether oxygens (including phenoxy) is 1. The second-order valence-corrected chi connectivity index (χ2v) is 7.09. The Morgan fingerprint density at radius 2 is 1.64 bits per heavy atom. The van der Waals surface area contributed by atoms with Gasteiger partial charge in [0.05, 0.1) is 27.7 Å². The lowest BCUT2D eigenvalue weighted by Crippen LogP contribution is -2.31. The van der Waals surface area contributed by atoms with Gasteiger partial charge in [0.2, 0.25) is 0 Å². The number of thioether (sulfide) groups is 1. The molecular weight excluding hydrogens is 380 g/mol. The van der Waals surface area contributed by atoms with Crippen LogP contribution in [0.3, 0.4) is 0 Å². The van der Waals surface area contributed by atoms with Gasteiger partial charge < -0.3 is 4.74 Å². The van der Waals surface area contributed by atoms with Crippen LogP contribution in [0.1, 0.15) is 19.4 Å². The Morgan fingerprint density at radius 1 is 1.00 bits per heavy atom. The number of carbonyl (C=O) groups excluding carboxylic acids is 2. The van der Waals surface area contributed by atoms with Crippen LogP contribution in [0, 0.1) is 10.1 Å². The molecule has 0 atom stereocenters.